The molecule has 9 nitrogen and oxygen atoms in total. The summed E-state index contributed by atoms with van der Waals surface area (Å²) in [6.07, 6.45) is 1.30. The number of hydrogen-bond donors (Lipinski definition) is 1. The summed E-state index contributed by atoms with van der Waals surface area (Å²) < 4.78 is 13.4. The van der Waals surface area contributed by atoms with Crippen LogP contribution in [0.15, 0.2) is 54.7 Å². The van der Waals surface area contributed by atoms with Crippen LogP contribution in [0.4, 0.5) is 5.82 Å². The van der Waals surface area contributed by atoms with E-state index in [4.69, 9.17) is 9.47 Å². The number of benzene rings is 1. The maximum Gasteiger partial charge on any atom is 0.272 e. The molecule has 0 fully saturated rings. The quantitative estimate of drug-likeness (QED) is 0.692. The van der Waals surface area contributed by atoms with E-state index in [1.165, 1.54) is 4.90 Å². The molecule has 9 heteroatoms. The molecule has 0 radical (unpaired) electrons. The van der Waals surface area contributed by atoms with E-state index in [0.29, 0.717) is 24.7 Å². The Labute approximate surface area is 178 Å². The average molecular weight is 419 g/mol. The molecule has 0 unspecified atom stereocenters. The first-order valence-electron chi connectivity index (χ1n) is 10.0. The fraction of sp³-hybridized carbons (Fsp3) is 0.273. The fourth-order valence-electron chi connectivity index (χ4n) is 3.83. The van der Waals surface area contributed by atoms with Crippen molar-refractivity contribution in [2.75, 3.05) is 25.2 Å². The zero-order valence-electron chi connectivity index (χ0n) is 16.9. The third-order valence-corrected chi connectivity index (χ3v) is 5.41. The number of hydrogen-bond acceptors (Lipinski definition) is 6. The molecule has 2 aliphatic rings. The highest BCUT2D eigenvalue weighted by Crippen LogP contribution is 2.30. The average Bonchev–Trinajstić information content (AvgIpc) is 3.22. The van der Waals surface area contributed by atoms with Gasteiger partial charge in [-0.3, -0.25) is 19.2 Å². The Morgan fingerprint density at radius 3 is 2.87 bits per heavy atom. The molecule has 2 amide bonds. The molecule has 4 heterocycles. The highest BCUT2D eigenvalue weighted by atomic mass is 16.5. The molecule has 0 saturated heterocycles. The molecule has 1 aromatic carbocycles. The molecule has 3 aromatic rings. The number of aromatic nitrogens is 3. The lowest BCUT2D eigenvalue weighted by atomic mass is 10.1. The highest BCUT2D eigenvalue weighted by molar-refractivity contribution is 6.02. The van der Waals surface area contributed by atoms with E-state index in [2.05, 4.69) is 15.4 Å². The van der Waals surface area contributed by atoms with Crippen molar-refractivity contribution in [1.82, 2.24) is 20.1 Å². The Hall–Kier alpha value is -3.72. The van der Waals surface area contributed by atoms with Crippen LogP contribution in [0.2, 0.25) is 0 Å². The molecule has 0 aliphatic carbocycles. The standard InChI is InChI=1S/C22H21N5O4/c1-26-20-18(8-5-9-23-20)31-13-16(22(26)29)24-21(28)15-12-17-19(14-6-3-2-4-7-14)30-11-10-27(17)25-15/h2-9,12,16,19H,10-11,13H2,1H3,(H,24,28)/t16-,19-/m0/s1. The van der Waals surface area contributed by atoms with E-state index in [-0.39, 0.29) is 24.3 Å². The number of ether oxygens (including phenoxy) is 2. The molecular formula is C22H21N5O4. The topological polar surface area (TPSA) is 98.6 Å². The van der Waals surface area contributed by atoms with E-state index < -0.39 is 11.9 Å². The predicted octanol–water partition coefficient (Wildman–Crippen LogP) is 1.55. The lowest BCUT2D eigenvalue weighted by Gasteiger charge is -2.24. The number of amides is 2. The van der Waals surface area contributed by atoms with Gasteiger partial charge in [-0.15, -0.1) is 0 Å². The second-order valence-electron chi connectivity index (χ2n) is 7.40. The van der Waals surface area contributed by atoms with E-state index >= 15 is 0 Å². The number of pyridine rings is 1. The van der Waals surface area contributed by atoms with Crippen molar-refractivity contribution >= 4 is 17.6 Å². The van der Waals surface area contributed by atoms with Gasteiger partial charge < -0.3 is 14.8 Å². The Balaban J connectivity index is 1.36. The first-order chi connectivity index (χ1) is 15.1. The summed E-state index contributed by atoms with van der Waals surface area (Å²) in [5, 5.41) is 7.20. The van der Waals surface area contributed by atoms with Gasteiger partial charge in [0.1, 0.15) is 18.8 Å². The zero-order valence-corrected chi connectivity index (χ0v) is 16.9. The zero-order chi connectivity index (χ0) is 21.4. The van der Waals surface area contributed by atoms with Gasteiger partial charge in [0.2, 0.25) is 0 Å². The molecular weight excluding hydrogens is 398 g/mol. The SMILES string of the molecule is CN1C(=O)[C@@H](NC(=O)c2cc3n(n2)CCO[C@H]3c2ccccc2)COc2cccnc21. The second kappa shape index (κ2) is 7.84. The Bertz CT molecular complexity index is 1130. The molecule has 1 N–H and O–H groups in total. The first kappa shape index (κ1) is 19.3. The molecule has 31 heavy (non-hydrogen) atoms. The van der Waals surface area contributed by atoms with Gasteiger partial charge in [0.15, 0.2) is 17.3 Å². The van der Waals surface area contributed by atoms with Crippen LogP contribution in [0.3, 0.4) is 0 Å². The minimum absolute atomic E-state index is 0.0108. The maximum atomic E-state index is 12.9. The highest BCUT2D eigenvalue weighted by Gasteiger charge is 2.33. The summed E-state index contributed by atoms with van der Waals surface area (Å²) in [4.78, 5) is 31.4. The van der Waals surface area contributed by atoms with Gasteiger partial charge in [0.25, 0.3) is 11.8 Å². The minimum atomic E-state index is -0.855. The summed E-state index contributed by atoms with van der Waals surface area (Å²) in [6.45, 7) is 1.07. The summed E-state index contributed by atoms with van der Waals surface area (Å²) in [7, 11) is 1.61. The van der Waals surface area contributed by atoms with Crippen molar-refractivity contribution in [2.45, 2.75) is 18.7 Å². The lowest BCUT2D eigenvalue weighted by molar-refractivity contribution is -0.120. The van der Waals surface area contributed by atoms with Gasteiger partial charge in [-0.05, 0) is 23.8 Å². The van der Waals surface area contributed by atoms with Crippen molar-refractivity contribution in [2.24, 2.45) is 0 Å². The number of carbonyl (C=O) groups excluding carboxylic acids is 2. The summed E-state index contributed by atoms with van der Waals surface area (Å²) in [5.74, 6) is 0.170. The van der Waals surface area contributed by atoms with Crippen molar-refractivity contribution < 1.29 is 19.1 Å². The fourth-order valence-corrected chi connectivity index (χ4v) is 3.83. The number of anilines is 1. The second-order valence-corrected chi connectivity index (χ2v) is 7.40. The molecule has 2 aromatic heterocycles. The van der Waals surface area contributed by atoms with Crippen LogP contribution in [0, 0.1) is 0 Å². The molecule has 0 bridgehead atoms. The Morgan fingerprint density at radius 1 is 1.19 bits per heavy atom. The van der Waals surface area contributed by atoms with Crippen molar-refractivity contribution in [3.63, 3.8) is 0 Å². The molecule has 2 atom stereocenters. The number of carbonyl (C=O) groups is 2. The monoisotopic (exact) mass is 419 g/mol. The summed E-state index contributed by atoms with van der Waals surface area (Å²) in [6, 6.07) is 14.1. The predicted molar refractivity (Wildman–Crippen MR) is 111 cm³/mol. The van der Waals surface area contributed by atoms with Crippen LogP contribution in [-0.2, 0) is 16.1 Å². The van der Waals surface area contributed by atoms with E-state index in [1.54, 1.807) is 36.1 Å². The van der Waals surface area contributed by atoms with Crippen molar-refractivity contribution in [3.05, 3.63) is 71.7 Å². The minimum Gasteiger partial charge on any atom is -0.487 e. The van der Waals surface area contributed by atoms with Gasteiger partial charge in [-0.1, -0.05) is 30.3 Å². The smallest absolute Gasteiger partial charge is 0.272 e. The van der Waals surface area contributed by atoms with Gasteiger partial charge in [0, 0.05) is 13.2 Å². The van der Waals surface area contributed by atoms with Crippen LogP contribution in [0.25, 0.3) is 0 Å². The van der Waals surface area contributed by atoms with Crippen molar-refractivity contribution in [3.8, 4) is 5.75 Å². The number of likely N-dealkylation sites (N-methyl/N-ethyl adjacent to an activating group) is 1. The van der Waals surface area contributed by atoms with E-state index in [0.717, 1.165) is 11.3 Å². The Morgan fingerprint density at radius 2 is 2.03 bits per heavy atom. The third kappa shape index (κ3) is 3.53. The van der Waals surface area contributed by atoms with Crippen LogP contribution in [0.5, 0.6) is 5.75 Å². The van der Waals surface area contributed by atoms with Gasteiger partial charge in [0.05, 0.1) is 18.8 Å². The molecule has 0 saturated carbocycles. The van der Waals surface area contributed by atoms with Crippen LogP contribution in [-0.4, -0.2) is 52.9 Å². The van der Waals surface area contributed by atoms with Gasteiger partial charge >= 0.3 is 0 Å². The lowest BCUT2D eigenvalue weighted by Crippen LogP contribution is -2.49. The number of nitrogens with zero attached hydrogens (tertiary/aromatic N) is 4. The van der Waals surface area contributed by atoms with Gasteiger partial charge in [-0.25, -0.2) is 4.98 Å². The largest absolute Gasteiger partial charge is 0.487 e. The summed E-state index contributed by atoms with van der Waals surface area (Å²) in [5.41, 5.74) is 2.03. The maximum absolute atomic E-state index is 12.9. The third-order valence-electron chi connectivity index (χ3n) is 5.41. The van der Waals surface area contributed by atoms with Crippen LogP contribution in [0.1, 0.15) is 27.8 Å². The van der Waals surface area contributed by atoms with E-state index in [1.807, 2.05) is 30.3 Å². The number of nitrogens with one attached hydrogen (secondary N) is 1. The summed E-state index contributed by atoms with van der Waals surface area (Å²) >= 11 is 0. The molecule has 5 rings (SSSR count). The Kier molecular flexibility index (Phi) is 4.87. The van der Waals surface area contributed by atoms with Crippen LogP contribution < -0.4 is 15.0 Å². The van der Waals surface area contributed by atoms with E-state index in [9.17, 15) is 9.59 Å². The molecule has 0 spiro atoms. The molecule has 158 valence electrons. The molecule has 2 aliphatic heterocycles. The first-order valence-corrected chi connectivity index (χ1v) is 10.0. The number of fused-ring (bicyclic) bond motifs is 2. The van der Waals surface area contributed by atoms with Crippen LogP contribution >= 0.6 is 0 Å². The number of rotatable bonds is 3. The van der Waals surface area contributed by atoms with Gasteiger partial charge in [-0.2, -0.15) is 5.10 Å². The van der Waals surface area contributed by atoms with Crippen molar-refractivity contribution in [1.29, 1.82) is 0 Å². The normalized spacial score (nSPS) is 20.3.